The molecule has 1 aliphatic heterocycles. The zero-order chi connectivity index (χ0) is 17.9. The van der Waals surface area contributed by atoms with Crippen LogP contribution in [-0.4, -0.2) is 24.0 Å². The third-order valence-electron chi connectivity index (χ3n) is 4.88. The maximum absolute atomic E-state index is 12.3. The molecule has 2 aromatic carbocycles. The van der Waals surface area contributed by atoms with Crippen molar-refractivity contribution in [2.45, 2.75) is 32.6 Å². The van der Waals surface area contributed by atoms with E-state index < -0.39 is 0 Å². The van der Waals surface area contributed by atoms with Gasteiger partial charge in [0.25, 0.3) is 0 Å². The predicted octanol–water partition coefficient (Wildman–Crippen LogP) is 4.64. The topological polar surface area (TPSA) is 45.2 Å². The van der Waals surface area contributed by atoms with E-state index in [0.29, 0.717) is 6.42 Å². The van der Waals surface area contributed by atoms with Gasteiger partial charge in [-0.2, -0.15) is 0 Å². The molecule has 4 rings (SSSR count). The van der Waals surface area contributed by atoms with Gasteiger partial charge in [0.1, 0.15) is 0 Å². The highest BCUT2D eigenvalue weighted by Crippen LogP contribution is 2.30. The largest absolute Gasteiger partial charge is 0.371 e. The molecule has 0 fully saturated rings. The molecule has 0 bridgehead atoms. The second-order valence-electron chi connectivity index (χ2n) is 6.65. The number of amides is 1. The maximum atomic E-state index is 12.3. The van der Waals surface area contributed by atoms with Crippen molar-refractivity contribution in [3.05, 3.63) is 53.0 Å². The van der Waals surface area contributed by atoms with Crippen LogP contribution in [-0.2, 0) is 17.6 Å². The van der Waals surface area contributed by atoms with Crippen LogP contribution in [0.4, 0.5) is 11.4 Å². The fourth-order valence-electron chi connectivity index (χ4n) is 3.50. The number of nitrogens with zero attached hydrogens (tertiary/aromatic N) is 2. The Balaban J connectivity index is 1.31. The molecule has 26 heavy (non-hydrogen) atoms. The van der Waals surface area contributed by atoms with Crippen molar-refractivity contribution in [3.63, 3.8) is 0 Å². The van der Waals surface area contributed by atoms with E-state index in [4.69, 9.17) is 0 Å². The number of carbonyl (C=O) groups is 1. The van der Waals surface area contributed by atoms with Crippen molar-refractivity contribution in [2.24, 2.45) is 0 Å². The highest BCUT2D eigenvalue weighted by Gasteiger charge is 2.18. The highest BCUT2D eigenvalue weighted by molar-refractivity contribution is 7.18. The number of fused-ring (bicyclic) bond motifs is 2. The van der Waals surface area contributed by atoms with Crippen molar-refractivity contribution in [3.8, 4) is 0 Å². The molecule has 0 radical (unpaired) electrons. The molecule has 4 nitrogen and oxygen atoms in total. The number of hydrogen-bond acceptors (Lipinski definition) is 4. The van der Waals surface area contributed by atoms with Crippen LogP contribution in [0.5, 0.6) is 0 Å². The monoisotopic (exact) mass is 365 g/mol. The Morgan fingerprint density at radius 1 is 1.27 bits per heavy atom. The zero-order valence-corrected chi connectivity index (χ0v) is 15.8. The molecule has 0 aliphatic carbocycles. The number of para-hydroxylation sites is 1. The van der Waals surface area contributed by atoms with Gasteiger partial charge in [0.15, 0.2) is 0 Å². The Labute approximate surface area is 157 Å². The first kappa shape index (κ1) is 17.0. The number of nitrogens with one attached hydrogen (secondary N) is 1. The molecule has 134 valence electrons. The van der Waals surface area contributed by atoms with Gasteiger partial charge in [0.2, 0.25) is 5.91 Å². The van der Waals surface area contributed by atoms with E-state index in [2.05, 4.69) is 40.3 Å². The molecule has 1 N–H and O–H groups in total. The number of rotatable bonds is 6. The van der Waals surface area contributed by atoms with Crippen LogP contribution >= 0.6 is 11.3 Å². The first-order chi connectivity index (χ1) is 12.7. The van der Waals surface area contributed by atoms with E-state index in [0.717, 1.165) is 48.6 Å². The number of hydrogen-bond donors (Lipinski definition) is 1. The minimum absolute atomic E-state index is 0.0760. The third kappa shape index (κ3) is 3.58. The summed E-state index contributed by atoms with van der Waals surface area (Å²) in [7, 11) is 0. The first-order valence-electron chi connectivity index (χ1n) is 9.25. The summed E-state index contributed by atoms with van der Waals surface area (Å²) in [5.41, 5.74) is 4.59. The lowest BCUT2D eigenvalue weighted by Crippen LogP contribution is -2.19. The highest BCUT2D eigenvalue weighted by atomic mass is 32.1. The number of aromatic nitrogens is 1. The Morgan fingerprint density at radius 2 is 2.15 bits per heavy atom. The van der Waals surface area contributed by atoms with Crippen LogP contribution < -0.4 is 10.2 Å². The summed E-state index contributed by atoms with van der Waals surface area (Å²) in [5, 5.41) is 4.15. The Kier molecular flexibility index (Phi) is 4.89. The van der Waals surface area contributed by atoms with Gasteiger partial charge in [0.05, 0.1) is 15.2 Å². The van der Waals surface area contributed by atoms with Crippen molar-refractivity contribution < 1.29 is 4.79 Å². The first-order valence-corrected chi connectivity index (χ1v) is 10.1. The predicted molar refractivity (Wildman–Crippen MR) is 109 cm³/mol. The molecule has 0 unspecified atom stereocenters. The molecule has 0 atom stereocenters. The number of carbonyl (C=O) groups excluding carboxylic acids is 1. The van der Waals surface area contributed by atoms with Gasteiger partial charge in [-0.1, -0.05) is 18.2 Å². The fourth-order valence-corrected chi connectivity index (χ4v) is 4.51. The van der Waals surface area contributed by atoms with Gasteiger partial charge < -0.3 is 10.2 Å². The summed E-state index contributed by atoms with van der Waals surface area (Å²) >= 11 is 1.72. The molecule has 5 heteroatoms. The average molecular weight is 366 g/mol. The van der Waals surface area contributed by atoms with Gasteiger partial charge in [-0.25, -0.2) is 4.98 Å². The van der Waals surface area contributed by atoms with E-state index in [-0.39, 0.29) is 5.91 Å². The number of aryl methyl sites for hydroxylation is 1. The molecule has 3 aromatic rings. The third-order valence-corrected chi connectivity index (χ3v) is 5.97. The molecule has 2 heterocycles. The maximum Gasteiger partial charge on any atom is 0.224 e. The number of benzene rings is 2. The number of anilines is 2. The zero-order valence-electron chi connectivity index (χ0n) is 15.0. The van der Waals surface area contributed by atoms with E-state index in [1.54, 1.807) is 11.3 Å². The minimum Gasteiger partial charge on any atom is -0.371 e. The molecule has 1 aromatic heterocycles. The van der Waals surface area contributed by atoms with Crippen LogP contribution in [0, 0.1) is 0 Å². The van der Waals surface area contributed by atoms with Crippen LogP contribution in [0.3, 0.4) is 0 Å². The van der Waals surface area contributed by atoms with Crippen molar-refractivity contribution >= 4 is 38.8 Å². The molecular weight excluding hydrogens is 342 g/mol. The van der Waals surface area contributed by atoms with Gasteiger partial charge in [-0.15, -0.1) is 11.3 Å². The van der Waals surface area contributed by atoms with E-state index in [9.17, 15) is 4.79 Å². The van der Waals surface area contributed by atoms with Crippen LogP contribution in [0.25, 0.3) is 10.2 Å². The Morgan fingerprint density at radius 3 is 3.00 bits per heavy atom. The summed E-state index contributed by atoms with van der Waals surface area (Å²) in [6.45, 7) is 4.25. The lowest BCUT2D eigenvalue weighted by Gasteiger charge is -2.17. The lowest BCUT2D eigenvalue weighted by atomic mass is 10.1. The summed E-state index contributed by atoms with van der Waals surface area (Å²) in [6.07, 6.45) is 3.28. The van der Waals surface area contributed by atoms with E-state index >= 15 is 0 Å². The second kappa shape index (κ2) is 7.46. The molecule has 0 saturated heterocycles. The molecular formula is C21H23N3OS. The summed E-state index contributed by atoms with van der Waals surface area (Å²) in [5.74, 6) is 0.0760. The SMILES string of the molecule is CCN1CCc2ccc(NC(=O)CCCc3nc4ccccc4s3)cc21. The van der Waals surface area contributed by atoms with Crippen molar-refractivity contribution in [1.82, 2.24) is 4.98 Å². The number of thiazole rings is 1. The van der Waals surface area contributed by atoms with Crippen molar-refractivity contribution in [2.75, 3.05) is 23.3 Å². The quantitative estimate of drug-likeness (QED) is 0.692. The molecule has 1 amide bonds. The number of likely N-dealkylation sites (N-methyl/N-ethyl adjacent to an activating group) is 1. The summed E-state index contributed by atoms with van der Waals surface area (Å²) in [6, 6.07) is 14.4. The minimum atomic E-state index is 0.0760. The Bertz CT molecular complexity index is 901. The van der Waals surface area contributed by atoms with Gasteiger partial charge in [0, 0.05) is 30.9 Å². The smallest absolute Gasteiger partial charge is 0.224 e. The normalized spacial score (nSPS) is 13.2. The van der Waals surface area contributed by atoms with Gasteiger partial charge >= 0.3 is 0 Å². The fraction of sp³-hybridized carbons (Fsp3) is 0.333. The second-order valence-corrected chi connectivity index (χ2v) is 7.77. The average Bonchev–Trinajstić information content (AvgIpc) is 3.24. The summed E-state index contributed by atoms with van der Waals surface area (Å²) in [4.78, 5) is 19.3. The van der Waals surface area contributed by atoms with E-state index in [1.807, 2.05) is 24.3 Å². The Hall–Kier alpha value is -2.40. The van der Waals surface area contributed by atoms with Crippen LogP contribution in [0.1, 0.15) is 30.3 Å². The van der Waals surface area contributed by atoms with Crippen LogP contribution in [0.2, 0.25) is 0 Å². The molecule has 0 saturated carbocycles. The standard InChI is InChI=1S/C21H23N3OS/c1-2-24-13-12-15-10-11-16(14-18(15)24)22-20(25)8-5-9-21-23-17-6-3-4-7-19(17)26-21/h3-4,6-7,10-11,14H,2,5,8-9,12-13H2,1H3,(H,22,25). The molecule has 0 spiro atoms. The van der Waals surface area contributed by atoms with Crippen molar-refractivity contribution in [1.29, 1.82) is 0 Å². The lowest BCUT2D eigenvalue weighted by molar-refractivity contribution is -0.116. The van der Waals surface area contributed by atoms with Crippen LogP contribution in [0.15, 0.2) is 42.5 Å². The molecule has 1 aliphatic rings. The van der Waals surface area contributed by atoms with Gasteiger partial charge in [-0.05, 0) is 56.0 Å². The van der Waals surface area contributed by atoms with Gasteiger partial charge in [-0.3, -0.25) is 4.79 Å². The summed E-state index contributed by atoms with van der Waals surface area (Å²) < 4.78 is 1.21. The van der Waals surface area contributed by atoms with E-state index in [1.165, 1.54) is 16.0 Å².